The van der Waals surface area contributed by atoms with Gasteiger partial charge in [0.15, 0.2) is 5.96 Å². The number of aliphatic carboxylic acids is 1. The number of unbranched alkanes of at least 4 members (excludes halogenated alkanes) is 1. The van der Waals surface area contributed by atoms with Crippen molar-refractivity contribution in [2.75, 3.05) is 13.1 Å². The number of hydrogen-bond donors (Lipinski definition) is 9. The molecule has 4 atom stereocenters. The van der Waals surface area contributed by atoms with Crippen LogP contribution in [-0.4, -0.2) is 77.9 Å². The third-order valence-electron chi connectivity index (χ3n) is 4.65. The van der Waals surface area contributed by atoms with Crippen LogP contribution in [0.25, 0.3) is 0 Å². The molecule has 0 aromatic carbocycles. The highest BCUT2D eigenvalue weighted by Gasteiger charge is 2.28. The van der Waals surface area contributed by atoms with Crippen molar-refractivity contribution in [2.24, 2.45) is 33.7 Å². The molecular formula is C19H37N9O6. The second-order valence-electron chi connectivity index (χ2n) is 7.70. The van der Waals surface area contributed by atoms with Crippen molar-refractivity contribution in [3.63, 3.8) is 0 Å². The van der Waals surface area contributed by atoms with Gasteiger partial charge < -0.3 is 49.7 Å². The molecule has 0 aromatic rings. The molecule has 0 rings (SSSR count). The van der Waals surface area contributed by atoms with Gasteiger partial charge in [-0.1, -0.05) is 0 Å². The molecule has 0 aliphatic heterocycles. The molecule has 4 amide bonds. The number of guanidine groups is 1. The van der Waals surface area contributed by atoms with E-state index >= 15 is 0 Å². The fraction of sp³-hybridized carbons (Fsp3) is 0.684. The smallest absolute Gasteiger partial charge is 0.326 e. The number of carboxylic acid groups (broad SMARTS) is 1. The molecule has 0 aliphatic rings. The van der Waals surface area contributed by atoms with Gasteiger partial charge in [-0.2, -0.15) is 0 Å². The molecule has 0 aromatic heterocycles. The number of nitrogens with two attached hydrogens (primary N) is 5. The van der Waals surface area contributed by atoms with Gasteiger partial charge in [-0.05, 0) is 45.6 Å². The lowest BCUT2D eigenvalue weighted by molar-refractivity contribution is -0.142. The van der Waals surface area contributed by atoms with Crippen LogP contribution in [0.3, 0.4) is 0 Å². The largest absolute Gasteiger partial charge is 0.480 e. The van der Waals surface area contributed by atoms with Gasteiger partial charge in [-0.25, -0.2) is 4.79 Å². The van der Waals surface area contributed by atoms with Crippen LogP contribution >= 0.6 is 0 Å². The predicted octanol–water partition coefficient (Wildman–Crippen LogP) is -4.07. The number of hydrogen-bond acceptors (Lipinski definition) is 8. The molecule has 15 nitrogen and oxygen atoms in total. The highest BCUT2D eigenvalue weighted by atomic mass is 16.4. The van der Waals surface area contributed by atoms with E-state index in [1.54, 1.807) is 0 Å². The number of amides is 4. The Morgan fingerprint density at radius 3 is 1.97 bits per heavy atom. The first-order chi connectivity index (χ1) is 15.9. The monoisotopic (exact) mass is 487 g/mol. The van der Waals surface area contributed by atoms with Gasteiger partial charge in [0.25, 0.3) is 0 Å². The Morgan fingerprint density at radius 2 is 1.44 bits per heavy atom. The Labute approximate surface area is 197 Å². The standard InChI is InChI=1S/C19H37N9O6/c1-10(26-16(31)11(21)9-14(22)29)15(30)27-12(6-4-8-25-19(23)24)17(32)28-13(18(33)34)5-2-3-7-20/h10-13H,2-9,20-21H2,1H3,(H2,22,29)(H,26,31)(H,27,30)(H,28,32)(H,33,34)(H4,23,24,25). The third kappa shape index (κ3) is 13.2. The molecule has 0 spiro atoms. The number of nitrogens with one attached hydrogen (secondary N) is 3. The first-order valence-electron chi connectivity index (χ1n) is 10.8. The van der Waals surface area contributed by atoms with Crippen molar-refractivity contribution in [2.45, 2.75) is 69.6 Å². The zero-order chi connectivity index (χ0) is 26.3. The Morgan fingerprint density at radius 1 is 0.853 bits per heavy atom. The van der Waals surface area contributed by atoms with Crippen molar-refractivity contribution in [3.8, 4) is 0 Å². The zero-order valence-corrected chi connectivity index (χ0v) is 19.3. The van der Waals surface area contributed by atoms with Gasteiger partial charge in [0, 0.05) is 6.54 Å². The summed E-state index contributed by atoms with van der Waals surface area (Å²) in [5.74, 6) is -4.36. The maximum atomic E-state index is 12.8. The molecule has 194 valence electrons. The Balaban J connectivity index is 5.23. The molecule has 0 saturated carbocycles. The third-order valence-corrected chi connectivity index (χ3v) is 4.65. The summed E-state index contributed by atoms with van der Waals surface area (Å²) in [6.07, 6.45) is 1.22. The summed E-state index contributed by atoms with van der Waals surface area (Å²) in [5.41, 5.74) is 26.5. The maximum absolute atomic E-state index is 12.8. The zero-order valence-electron chi connectivity index (χ0n) is 19.3. The summed E-state index contributed by atoms with van der Waals surface area (Å²) in [6.45, 7) is 1.91. The minimum Gasteiger partial charge on any atom is -0.480 e. The van der Waals surface area contributed by atoms with E-state index in [1.165, 1.54) is 6.92 Å². The summed E-state index contributed by atoms with van der Waals surface area (Å²) in [7, 11) is 0. The van der Waals surface area contributed by atoms with Crippen LogP contribution in [0.5, 0.6) is 0 Å². The van der Waals surface area contributed by atoms with Crippen LogP contribution < -0.4 is 44.6 Å². The molecule has 0 bridgehead atoms. The van der Waals surface area contributed by atoms with Crippen LogP contribution in [-0.2, 0) is 24.0 Å². The van der Waals surface area contributed by atoms with Gasteiger partial charge in [0.1, 0.15) is 18.1 Å². The van der Waals surface area contributed by atoms with Gasteiger partial charge in [0.2, 0.25) is 23.6 Å². The molecule has 14 N–H and O–H groups in total. The lowest BCUT2D eigenvalue weighted by Gasteiger charge is -2.23. The number of rotatable bonds is 17. The van der Waals surface area contributed by atoms with Crippen LogP contribution in [0.4, 0.5) is 0 Å². The highest BCUT2D eigenvalue weighted by Crippen LogP contribution is 2.05. The molecule has 0 heterocycles. The average molecular weight is 488 g/mol. The first-order valence-corrected chi connectivity index (χ1v) is 10.8. The Bertz CT molecular complexity index is 742. The molecule has 34 heavy (non-hydrogen) atoms. The molecular weight excluding hydrogens is 450 g/mol. The second kappa shape index (κ2) is 16.2. The number of primary amides is 1. The first kappa shape index (κ1) is 30.5. The number of nitrogens with zero attached hydrogens (tertiary/aromatic N) is 1. The normalized spacial score (nSPS) is 14.1. The molecule has 0 saturated heterocycles. The fourth-order valence-corrected chi connectivity index (χ4v) is 2.79. The number of aliphatic imine (C=N–C) groups is 1. The molecule has 0 fully saturated rings. The number of carbonyl (C=O) groups excluding carboxylic acids is 4. The topological polar surface area (TPSA) is 284 Å². The number of carbonyl (C=O) groups is 5. The van der Waals surface area contributed by atoms with Crippen molar-refractivity contribution >= 4 is 35.6 Å². The molecule has 4 unspecified atom stereocenters. The Kier molecular flexibility index (Phi) is 14.6. The predicted molar refractivity (Wildman–Crippen MR) is 124 cm³/mol. The minimum absolute atomic E-state index is 0.0886. The average Bonchev–Trinajstić information content (AvgIpc) is 2.73. The van der Waals surface area contributed by atoms with E-state index in [1.807, 2.05) is 0 Å². The second-order valence-corrected chi connectivity index (χ2v) is 7.70. The summed E-state index contributed by atoms with van der Waals surface area (Å²) in [6, 6.07) is -4.65. The van der Waals surface area contributed by atoms with Crippen molar-refractivity contribution in [1.29, 1.82) is 0 Å². The van der Waals surface area contributed by atoms with Gasteiger partial charge >= 0.3 is 5.97 Å². The van der Waals surface area contributed by atoms with E-state index in [0.717, 1.165) is 0 Å². The maximum Gasteiger partial charge on any atom is 0.326 e. The SMILES string of the molecule is CC(NC(=O)C(N)CC(N)=O)C(=O)NC(CCCN=C(N)N)C(=O)NC(CCCCN)C(=O)O. The summed E-state index contributed by atoms with van der Waals surface area (Å²) in [4.78, 5) is 63.6. The van der Waals surface area contributed by atoms with Gasteiger partial charge in [-0.15, -0.1) is 0 Å². The van der Waals surface area contributed by atoms with E-state index in [9.17, 15) is 29.1 Å². The lowest BCUT2D eigenvalue weighted by Crippen LogP contribution is -2.56. The minimum atomic E-state index is -1.24. The van der Waals surface area contributed by atoms with Crippen LogP contribution in [0, 0.1) is 0 Å². The van der Waals surface area contributed by atoms with Crippen molar-refractivity contribution < 1.29 is 29.1 Å². The van der Waals surface area contributed by atoms with Gasteiger partial charge in [-0.3, -0.25) is 24.2 Å². The van der Waals surface area contributed by atoms with Gasteiger partial charge in [0.05, 0.1) is 12.5 Å². The van der Waals surface area contributed by atoms with E-state index < -0.39 is 60.2 Å². The van der Waals surface area contributed by atoms with E-state index in [2.05, 4.69) is 20.9 Å². The summed E-state index contributed by atoms with van der Waals surface area (Å²) in [5, 5.41) is 16.6. The van der Waals surface area contributed by atoms with Crippen LogP contribution in [0.2, 0.25) is 0 Å². The van der Waals surface area contributed by atoms with Crippen LogP contribution in [0.15, 0.2) is 4.99 Å². The molecule has 0 aliphatic carbocycles. The number of carboxylic acids is 1. The van der Waals surface area contributed by atoms with Crippen molar-refractivity contribution in [3.05, 3.63) is 0 Å². The highest BCUT2D eigenvalue weighted by molar-refractivity contribution is 5.94. The van der Waals surface area contributed by atoms with E-state index in [4.69, 9.17) is 28.7 Å². The lowest BCUT2D eigenvalue weighted by atomic mass is 10.1. The summed E-state index contributed by atoms with van der Waals surface area (Å²) >= 11 is 0. The van der Waals surface area contributed by atoms with E-state index in [-0.39, 0.29) is 25.3 Å². The molecule has 0 radical (unpaired) electrons. The van der Waals surface area contributed by atoms with E-state index in [0.29, 0.717) is 25.8 Å². The Hall–Kier alpha value is -3.46. The quantitative estimate of drug-likeness (QED) is 0.0543. The van der Waals surface area contributed by atoms with Crippen LogP contribution in [0.1, 0.15) is 45.4 Å². The van der Waals surface area contributed by atoms with Crippen molar-refractivity contribution in [1.82, 2.24) is 16.0 Å². The molecule has 15 heteroatoms. The summed E-state index contributed by atoms with van der Waals surface area (Å²) < 4.78 is 0. The fourth-order valence-electron chi connectivity index (χ4n) is 2.79.